The van der Waals surface area contributed by atoms with E-state index in [4.69, 9.17) is 0 Å². The number of hydrogen-bond acceptors (Lipinski definition) is 2. The van der Waals surface area contributed by atoms with E-state index in [0.29, 0.717) is 0 Å². The Morgan fingerprint density at radius 2 is 1.88 bits per heavy atom. The molecule has 1 nitrogen and oxygen atoms in total. The third-order valence-electron chi connectivity index (χ3n) is 0.906. The van der Waals surface area contributed by atoms with Gasteiger partial charge in [0, 0.05) is 16.9 Å². The van der Waals surface area contributed by atoms with Crippen LogP contribution in [0.2, 0.25) is 0 Å². The molecule has 0 heterocycles. The molecule has 0 aliphatic carbocycles. The number of nitrogens with zero attached hydrogens (tertiary/aromatic N) is 1. The zero-order chi connectivity index (χ0) is 6.57. The van der Waals surface area contributed by atoms with Gasteiger partial charge in [-0.1, -0.05) is 5.57 Å². The fourth-order valence-electron chi connectivity index (χ4n) is 0.188. The molecule has 0 amide bonds. The number of allylic oxidation sites excluding steroid dienone is 2. The summed E-state index contributed by atoms with van der Waals surface area (Å²) in [5.41, 5.74) is 1.31. The molecule has 0 N–H and O–H groups in total. The Hall–Kier alpha value is -0.240. The van der Waals surface area contributed by atoms with Gasteiger partial charge in [0.05, 0.1) is 0 Å². The predicted molar refractivity (Wildman–Crippen MR) is 41.2 cm³/mol. The molecule has 0 aliphatic heterocycles. The highest BCUT2D eigenvalue weighted by molar-refractivity contribution is 8.01. The SMILES string of the molecule is C=NSC(C)=C(C)C. The van der Waals surface area contributed by atoms with E-state index in [-0.39, 0.29) is 0 Å². The predicted octanol–water partition coefficient (Wildman–Crippen LogP) is 2.65. The Kier molecular flexibility index (Phi) is 3.61. The van der Waals surface area contributed by atoms with Crippen molar-refractivity contribution >= 4 is 18.7 Å². The largest absolute Gasteiger partial charge is 0.228 e. The van der Waals surface area contributed by atoms with Gasteiger partial charge >= 0.3 is 0 Å². The van der Waals surface area contributed by atoms with Crippen LogP contribution in [0.4, 0.5) is 0 Å². The normalized spacial score (nSPS) is 8.38. The molecule has 0 saturated carbocycles. The molecular formula is C6H11NS. The summed E-state index contributed by atoms with van der Waals surface area (Å²) in [4.78, 5) is 1.24. The highest BCUT2D eigenvalue weighted by Crippen LogP contribution is 2.18. The summed E-state index contributed by atoms with van der Waals surface area (Å²) in [7, 11) is 0. The van der Waals surface area contributed by atoms with Crippen molar-refractivity contribution in [2.24, 2.45) is 4.40 Å². The lowest BCUT2D eigenvalue weighted by molar-refractivity contribution is 1.34. The first-order valence-corrected chi connectivity index (χ1v) is 3.23. The molecule has 0 unspecified atom stereocenters. The van der Waals surface area contributed by atoms with Crippen LogP contribution in [0.5, 0.6) is 0 Å². The third-order valence-corrected chi connectivity index (χ3v) is 1.72. The van der Waals surface area contributed by atoms with Crippen LogP contribution in [0, 0.1) is 0 Å². The Morgan fingerprint density at radius 3 is 2.00 bits per heavy atom. The molecule has 0 bridgehead atoms. The second kappa shape index (κ2) is 3.72. The summed E-state index contributed by atoms with van der Waals surface area (Å²) in [5.74, 6) is 0. The van der Waals surface area contributed by atoms with E-state index in [1.165, 1.54) is 22.4 Å². The Bertz CT molecular complexity index is 112. The lowest BCUT2D eigenvalue weighted by Crippen LogP contribution is -1.68. The van der Waals surface area contributed by atoms with E-state index in [2.05, 4.69) is 25.0 Å². The van der Waals surface area contributed by atoms with Crippen molar-refractivity contribution in [1.29, 1.82) is 0 Å². The summed E-state index contributed by atoms with van der Waals surface area (Å²) in [6, 6.07) is 0. The molecule has 0 rings (SSSR count). The van der Waals surface area contributed by atoms with E-state index in [0.717, 1.165) is 0 Å². The molecule has 8 heavy (non-hydrogen) atoms. The van der Waals surface area contributed by atoms with E-state index >= 15 is 0 Å². The third kappa shape index (κ3) is 2.86. The molecule has 0 fully saturated rings. The Labute approximate surface area is 55.0 Å². The molecular weight excluding hydrogens is 118 g/mol. The first-order valence-electron chi connectivity index (χ1n) is 2.45. The maximum Gasteiger partial charge on any atom is 0.00464 e. The molecule has 2 heteroatoms. The van der Waals surface area contributed by atoms with Gasteiger partial charge in [-0.05, 0) is 27.5 Å². The summed E-state index contributed by atoms with van der Waals surface area (Å²) in [6.07, 6.45) is 0. The average molecular weight is 129 g/mol. The lowest BCUT2D eigenvalue weighted by atomic mass is 10.3. The summed E-state index contributed by atoms with van der Waals surface area (Å²) in [5, 5.41) is 0. The molecule has 46 valence electrons. The second-order valence-corrected chi connectivity index (χ2v) is 2.83. The van der Waals surface area contributed by atoms with E-state index in [1.54, 1.807) is 0 Å². The lowest BCUT2D eigenvalue weighted by Gasteiger charge is -1.93. The zero-order valence-corrected chi connectivity index (χ0v) is 6.38. The van der Waals surface area contributed by atoms with E-state index in [9.17, 15) is 0 Å². The molecule has 0 aliphatic rings. The van der Waals surface area contributed by atoms with Gasteiger partial charge in [-0.2, -0.15) is 0 Å². The number of rotatable bonds is 2. The van der Waals surface area contributed by atoms with Gasteiger partial charge in [0.1, 0.15) is 0 Å². The standard InChI is InChI=1S/C6H11NS/c1-5(2)6(3)8-7-4/h4H2,1-3H3. The van der Waals surface area contributed by atoms with Gasteiger partial charge in [0.15, 0.2) is 0 Å². The van der Waals surface area contributed by atoms with Crippen molar-refractivity contribution in [3.8, 4) is 0 Å². The highest BCUT2D eigenvalue weighted by atomic mass is 32.2. The van der Waals surface area contributed by atoms with Crippen LogP contribution in [0.3, 0.4) is 0 Å². The van der Waals surface area contributed by atoms with Gasteiger partial charge in [-0.25, -0.2) is 4.40 Å². The van der Waals surface area contributed by atoms with Crippen LogP contribution >= 0.6 is 11.9 Å². The van der Waals surface area contributed by atoms with Crippen LogP contribution < -0.4 is 0 Å². The van der Waals surface area contributed by atoms with Crippen LogP contribution in [-0.2, 0) is 0 Å². The molecule has 0 spiro atoms. The minimum absolute atomic E-state index is 1.24. The zero-order valence-electron chi connectivity index (χ0n) is 5.56. The van der Waals surface area contributed by atoms with Crippen LogP contribution in [0.15, 0.2) is 14.9 Å². The summed E-state index contributed by atoms with van der Waals surface area (Å²) < 4.78 is 3.67. The molecule has 0 atom stereocenters. The van der Waals surface area contributed by atoms with Gasteiger partial charge < -0.3 is 0 Å². The molecule has 0 saturated heterocycles. The van der Waals surface area contributed by atoms with Crippen LogP contribution in [0.1, 0.15) is 20.8 Å². The molecule has 0 aromatic carbocycles. The smallest absolute Gasteiger partial charge is 0.00464 e. The monoisotopic (exact) mass is 129 g/mol. The molecule has 0 radical (unpaired) electrons. The van der Waals surface area contributed by atoms with Gasteiger partial charge in [-0.3, -0.25) is 0 Å². The molecule has 0 aromatic heterocycles. The van der Waals surface area contributed by atoms with E-state index in [1.807, 2.05) is 6.92 Å². The maximum absolute atomic E-state index is 3.67. The van der Waals surface area contributed by atoms with Crippen LogP contribution in [-0.4, -0.2) is 6.72 Å². The summed E-state index contributed by atoms with van der Waals surface area (Å²) >= 11 is 1.43. The summed E-state index contributed by atoms with van der Waals surface area (Å²) in [6.45, 7) is 9.52. The van der Waals surface area contributed by atoms with Crippen molar-refractivity contribution in [2.45, 2.75) is 20.8 Å². The molecule has 0 aromatic rings. The Morgan fingerprint density at radius 1 is 1.38 bits per heavy atom. The first-order chi connectivity index (χ1) is 3.68. The Balaban J connectivity index is 3.79. The first kappa shape index (κ1) is 7.76. The highest BCUT2D eigenvalue weighted by Gasteiger charge is 1.87. The minimum atomic E-state index is 1.24. The second-order valence-electron chi connectivity index (χ2n) is 1.78. The van der Waals surface area contributed by atoms with Gasteiger partial charge in [-0.15, -0.1) is 0 Å². The average Bonchev–Trinajstić information content (AvgIpc) is 1.67. The van der Waals surface area contributed by atoms with Crippen molar-refractivity contribution in [2.75, 3.05) is 0 Å². The topological polar surface area (TPSA) is 12.4 Å². The quantitative estimate of drug-likeness (QED) is 0.412. The van der Waals surface area contributed by atoms with Crippen molar-refractivity contribution in [1.82, 2.24) is 0 Å². The number of hydrogen-bond donors (Lipinski definition) is 0. The van der Waals surface area contributed by atoms with Crippen molar-refractivity contribution in [3.05, 3.63) is 10.5 Å². The van der Waals surface area contributed by atoms with Crippen molar-refractivity contribution in [3.63, 3.8) is 0 Å². The fraction of sp³-hybridized carbons (Fsp3) is 0.500. The fourth-order valence-corrected chi connectivity index (χ4v) is 0.564. The minimum Gasteiger partial charge on any atom is -0.228 e. The van der Waals surface area contributed by atoms with E-state index < -0.39 is 0 Å². The van der Waals surface area contributed by atoms with Crippen molar-refractivity contribution < 1.29 is 0 Å². The maximum atomic E-state index is 3.67. The van der Waals surface area contributed by atoms with Gasteiger partial charge in [0.25, 0.3) is 0 Å². The van der Waals surface area contributed by atoms with Gasteiger partial charge in [0.2, 0.25) is 0 Å². The van der Waals surface area contributed by atoms with Crippen LogP contribution in [0.25, 0.3) is 0 Å².